The Labute approximate surface area is 114 Å². The van der Waals surface area contributed by atoms with Gasteiger partial charge in [0.2, 0.25) is 0 Å². The van der Waals surface area contributed by atoms with E-state index in [9.17, 15) is 10.2 Å². The van der Waals surface area contributed by atoms with Crippen molar-refractivity contribution in [3.05, 3.63) is 58.6 Å². The molecule has 94 valence electrons. The lowest BCUT2D eigenvalue weighted by molar-refractivity contribution is 0.108. The molecule has 0 aliphatic heterocycles. The summed E-state index contributed by atoms with van der Waals surface area (Å²) in [5.41, 5.74) is 0.632. The predicted octanol–water partition coefficient (Wildman–Crippen LogP) is 3.27. The average Bonchev–Trinajstić information content (AvgIpc) is 2.38. The summed E-state index contributed by atoms with van der Waals surface area (Å²) in [4.78, 5) is 0. The van der Waals surface area contributed by atoms with Gasteiger partial charge >= 0.3 is 0 Å². The van der Waals surface area contributed by atoms with Crippen LogP contribution in [0.25, 0.3) is 0 Å². The molecule has 3 nitrogen and oxygen atoms in total. The molecule has 0 aromatic heterocycles. The van der Waals surface area contributed by atoms with E-state index in [1.54, 1.807) is 18.2 Å². The summed E-state index contributed by atoms with van der Waals surface area (Å²) in [7, 11) is 0. The van der Waals surface area contributed by atoms with Crippen LogP contribution in [0.15, 0.2) is 53.0 Å². The van der Waals surface area contributed by atoms with Crippen molar-refractivity contribution in [2.75, 3.05) is 6.61 Å². The molecule has 0 radical (unpaired) electrons. The fourth-order valence-electron chi connectivity index (χ4n) is 1.53. The largest absolute Gasteiger partial charge is 0.508 e. The van der Waals surface area contributed by atoms with E-state index in [2.05, 4.69) is 15.9 Å². The van der Waals surface area contributed by atoms with Gasteiger partial charge in [-0.2, -0.15) is 0 Å². The van der Waals surface area contributed by atoms with Crippen LogP contribution in [0.4, 0.5) is 0 Å². The third-order valence-electron chi connectivity index (χ3n) is 2.48. The Morgan fingerprint density at radius 1 is 1.11 bits per heavy atom. The molecule has 0 saturated heterocycles. The summed E-state index contributed by atoms with van der Waals surface area (Å²) in [6, 6.07) is 13.9. The standard InChI is InChI=1S/C14H13BrO3/c15-11-4-6-13(7-5-11)18-9-14(17)10-2-1-3-12(16)8-10/h1-8,14,16-17H,9H2. The molecule has 0 amide bonds. The number of phenolic OH excluding ortho intramolecular Hbond substituents is 1. The van der Waals surface area contributed by atoms with Crippen molar-refractivity contribution in [3.63, 3.8) is 0 Å². The van der Waals surface area contributed by atoms with Crippen molar-refractivity contribution >= 4 is 15.9 Å². The fourth-order valence-corrected chi connectivity index (χ4v) is 1.80. The zero-order valence-corrected chi connectivity index (χ0v) is 11.2. The highest BCUT2D eigenvalue weighted by molar-refractivity contribution is 9.10. The first-order valence-electron chi connectivity index (χ1n) is 5.50. The summed E-state index contributed by atoms with van der Waals surface area (Å²) in [5.74, 6) is 0.826. The van der Waals surface area contributed by atoms with Crippen LogP contribution in [0.1, 0.15) is 11.7 Å². The number of phenols is 1. The molecule has 1 atom stereocenters. The van der Waals surface area contributed by atoms with Gasteiger partial charge in [0, 0.05) is 4.47 Å². The van der Waals surface area contributed by atoms with Crippen LogP contribution in [-0.2, 0) is 0 Å². The topological polar surface area (TPSA) is 49.7 Å². The lowest BCUT2D eigenvalue weighted by Gasteiger charge is -2.13. The van der Waals surface area contributed by atoms with Crippen molar-refractivity contribution in [2.24, 2.45) is 0 Å². The quantitative estimate of drug-likeness (QED) is 0.911. The van der Waals surface area contributed by atoms with Crippen molar-refractivity contribution in [1.82, 2.24) is 0 Å². The van der Waals surface area contributed by atoms with Gasteiger partial charge in [-0.15, -0.1) is 0 Å². The maximum atomic E-state index is 9.92. The van der Waals surface area contributed by atoms with Crippen molar-refractivity contribution in [1.29, 1.82) is 0 Å². The molecule has 0 bridgehead atoms. The van der Waals surface area contributed by atoms with Crippen molar-refractivity contribution in [2.45, 2.75) is 6.10 Å². The van der Waals surface area contributed by atoms with Crippen LogP contribution in [0, 0.1) is 0 Å². The van der Waals surface area contributed by atoms with Crippen LogP contribution in [0.3, 0.4) is 0 Å². The van der Waals surface area contributed by atoms with E-state index in [0.717, 1.165) is 4.47 Å². The van der Waals surface area contributed by atoms with Gasteiger partial charge in [0.25, 0.3) is 0 Å². The summed E-state index contributed by atoms with van der Waals surface area (Å²) in [6.45, 7) is 0.144. The van der Waals surface area contributed by atoms with E-state index in [4.69, 9.17) is 4.74 Å². The lowest BCUT2D eigenvalue weighted by atomic mass is 10.1. The van der Waals surface area contributed by atoms with Crippen LogP contribution >= 0.6 is 15.9 Å². The third-order valence-corrected chi connectivity index (χ3v) is 3.01. The lowest BCUT2D eigenvalue weighted by Crippen LogP contribution is -2.09. The fraction of sp³-hybridized carbons (Fsp3) is 0.143. The zero-order chi connectivity index (χ0) is 13.0. The monoisotopic (exact) mass is 308 g/mol. The number of halogens is 1. The van der Waals surface area contributed by atoms with Crippen molar-refractivity contribution < 1.29 is 14.9 Å². The van der Waals surface area contributed by atoms with Gasteiger partial charge in [-0.25, -0.2) is 0 Å². The molecule has 0 saturated carbocycles. The summed E-state index contributed by atoms with van der Waals surface area (Å²) in [5, 5.41) is 19.2. The first-order chi connectivity index (χ1) is 8.65. The smallest absolute Gasteiger partial charge is 0.119 e. The second-order valence-corrected chi connectivity index (χ2v) is 4.79. The van der Waals surface area contributed by atoms with Gasteiger partial charge in [-0.05, 0) is 42.0 Å². The summed E-state index contributed by atoms with van der Waals surface area (Å²) in [6.07, 6.45) is -0.763. The number of rotatable bonds is 4. The van der Waals surface area contributed by atoms with E-state index < -0.39 is 6.10 Å². The van der Waals surface area contributed by atoms with Gasteiger partial charge in [0.1, 0.15) is 24.2 Å². The highest BCUT2D eigenvalue weighted by Crippen LogP contribution is 2.21. The second-order valence-electron chi connectivity index (χ2n) is 3.88. The first-order valence-corrected chi connectivity index (χ1v) is 6.30. The average molecular weight is 309 g/mol. The summed E-state index contributed by atoms with van der Waals surface area (Å²) >= 11 is 3.34. The molecule has 0 heterocycles. The minimum absolute atomic E-state index is 0.134. The minimum Gasteiger partial charge on any atom is -0.508 e. The van der Waals surface area contributed by atoms with E-state index >= 15 is 0 Å². The molecular weight excluding hydrogens is 296 g/mol. The molecule has 1 unspecified atom stereocenters. The van der Waals surface area contributed by atoms with Gasteiger partial charge in [-0.3, -0.25) is 0 Å². The van der Waals surface area contributed by atoms with Crippen LogP contribution in [-0.4, -0.2) is 16.8 Å². The second kappa shape index (κ2) is 5.89. The molecule has 2 aromatic rings. The molecule has 2 N–H and O–H groups in total. The van der Waals surface area contributed by atoms with E-state index in [1.807, 2.05) is 24.3 Å². The highest BCUT2D eigenvalue weighted by Gasteiger charge is 2.08. The Bertz CT molecular complexity index is 511. The Morgan fingerprint density at radius 3 is 2.50 bits per heavy atom. The normalized spacial score (nSPS) is 12.1. The van der Waals surface area contributed by atoms with E-state index in [0.29, 0.717) is 11.3 Å². The minimum atomic E-state index is -0.763. The Balaban J connectivity index is 1.96. The number of aromatic hydroxyl groups is 1. The van der Waals surface area contributed by atoms with Crippen LogP contribution in [0.5, 0.6) is 11.5 Å². The van der Waals surface area contributed by atoms with Gasteiger partial charge in [0.15, 0.2) is 0 Å². The number of aliphatic hydroxyl groups excluding tert-OH is 1. The molecule has 0 aliphatic rings. The molecule has 18 heavy (non-hydrogen) atoms. The Hall–Kier alpha value is -1.52. The maximum absolute atomic E-state index is 9.92. The Kier molecular flexibility index (Phi) is 4.23. The van der Waals surface area contributed by atoms with E-state index in [1.165, 1.54) is 6.07 Å². The number of hydrogen-bond acceptors (Lipinski definition) is 3. The zero-order valence-electron chi connectivity index (χ0n) is 9.58. The van der Waals surface area contributed by atoms with Crippen LogP contribution < -0.4 is 4.74 Å². The van der Waals surface area contributed by atoms with Gasteiger partial charge < -0.3 is 14.9 Å². The number of benzene rings is 2. The molecule has 0 spiro atoms. The predicted molar refractivity (Wildman–Crippen MR) is 72.7 cm³/mol. The summed E-state index contributed by atoms with van der Waals surface area (Å²) < 4.78 is 6.44. The maximum Gasteiger partial charge on any atom is 0.119 e. The SMILES string of the molecule is Oc1cccc(C(O)COc2ccc(Br)cc2)c1. The number of hydrogen-bond donors (Lipinski definition) is 2. The molecule has 0 aliphatic carbocycles. The Morgan fingerprint density at radius 2 is 1.83 bits per heavy atom. The molecule has 2 rings (SSSR count). The molecular formula is C14H13BrO3. The number of ether oxygens (including phenoxy) is 1. The molecule has 2 aromatic carbocycles. The highest BCUT2D eigenvalue weighted by atomic mass is 79.9. The third kappa shape index (κ3) is 3.48. The first kappa shape index (κ1) is 12.9. The van der Waals surface area contributed by atoms with Crippen molar-refractivity contribution in [3.8, 4) is 11.5 Å². The van der Waals surface area contributed by atoms with Crippen LogP contribution in [0.2, 0.25) is 0 Å². The van der Waals surface area contributed by atoms with Gasteiger partial charge in [0.05, 0.1) is 0 Å². The van der Waals surface area contributed by atoms with Gasteiger partial charge in [-0.1, -0.05) is 28.1 Å². The van der Waals surface area contributed by atoms with E-state index in [-0.39, 0.29) is 12.4 Å². The molecule has 0 fully saturated rings. The number of aliphatic hydroxyl groups is 1. The molecule has 4 heteroatoms.